The number of hydrogen-bond acceptors (Lipinski definition) is 5. The Morgan fingerprint density at radius 3 is 2.11 bits per heavy atom. The van der Waals surface area contributed by atoms with Crippen molar-refractivity contribution in [3.63, 3.8) is 0 Å². The first-order valence-corrected chi connectivity index (χ1v) is 11.9. The number of nitrogens with zero attached hydrogens (tertiary/aromatic N) is 1. The number of carbonyl (C=O) groups excluding carboxylic acids is 3. The summed E-state index contributed by atoms with van der Waals surface area (Å²) in [5.74, 6) is -1.54. The number of hydrazone groups is 1. The van der Waals surface area contributed by atoms with E-state index in [-0.39, 0.29) is 12.5 Å². The standard InChI is InChI=1S/C27H27BrN4O4/c1-16-7-5-8-17(2)24(16)31-26(34)27(35)32-29-14-20-9-6-10-22(13-20)36-15-23(33)30-25-18(3)11-21(28)12-19(25)4/h5-14H,15H2,1-4H3,(H,30,33)(H,31,34)(H,32,35)/b29-14-. The maximum atomic E-state index is 12.4. The second kappa shape index (κ2) is 12.1. The Balaban J connectivity index is 1.53. The molecule has 0 heterocycles. The fourth-order valence-corrected chi connectivity index (χ4v) is 4.20. The fraction of sp³-hybridized carbons (Fsp3) is 0.185. The highest BCUT2D eigenvalue weighted by Gasteiger charge is 2.15. The van der Waals surface area contributed by atoms with Crippen LogP contribution >= 0.6 is 15.9 Å². The van der Waals surface area contributed by atoms with Gasteiger partial charge in [-0.05, 0) is 79.8 Å². The Bertz CT molecular complexity index is 1290. The average Bonchev–Trinajstić information content (AvgIpc) is 2.82. The van der Waals surface area contributed by atoms with Crippen molar-refractivity contribution >= 4 is 51.2 Å². The Kier molecular flexibility index (Phi) is 8.97. The molecule has 0 unspecified atom stereocenters. The zero-order chi connectivity index (χ0) is 26.2. The van der Waals surface area contributed by atoms with Crippen LogP contribution in [-0.4, -0.2) is 30.5 Å². The number of benzene rings is 3. The lowest BCUT2D eigenvalue weighted by atomic mass is 10.1. The van der Waals surface area contributed by atoms with E-state index >= 15 is 0 Å². The number of para-hydroxylation sites is 1. The van der Waals surface area contributed by atoms with Crippen molar-refractivity contribution in [2.24, 2.45) is 5.10 Å². The van der Waals surface area contributed by atoms with Gasteiger partial charge < -0.3 is 15.4 Å². The molecule has 0 saturated carbocycles. The number of rotatable bonds is 7. The van der Waals surface area contributed by atoms with Gasteiger partial charge in [0.05, 0.1) is 6.21 Å². The minimum absolute atomic E-state index is 0.176. The summed E-state index contributed by atoms with van der Waals surface area (Å²) in [5.41, 5.74) is 7.77. The summed E-state index contributed by atoms with van der Waals surface area (Å²) >= 11 is 3.44. The number of anilines is 2. The second-order valence-electron chi connectivity index (χ2n) is 8.24. The van der Waals surface area contributed by atoms with Crippen molar-refractivity contribution < 1.29 is 19.1 Å². The van der Waals surface area contributed by atoms with Crippen LogP contribution in [0.3, 0.4) is 0 Å². The van der Waals surface area contributed by atoms with Crippen LogP contribution in [0.1, 0.15) is 27.8 Å². The Morgan fingerprint density at radius 1 is 0.833 bits per heavy atom. The fourth-order valence-electron chi connectivity index (χ4n) is 3.51. The minimum Gasteiger partial charge on any atom is -0.484 e. The van der Waals surface area contributed by atoms with Gasteiger partial charge in [-0.1, -0.05) is 46.3 Å². The first kappa shape index (κ1) is 26.6. The molecular formula is C27H27BrN4O4. The molecule has 0 aliphatic rings. The van der Waals surface area contributed by atoms with Gasteiger partial charge >= 0.3 is 11.8 Å². The molecule has 3 amide bonds. The van der Waals surface area contributed by atoms with Crippen molar-refractivity contribution in [3.05, 3.63) is 86.9 Å². The molecule has 3 aromatic carbocycles. The van der Waals surface area contributed by atoms with E-state index in [1.165, 1.54) is 6.21 Å². The monoisotopic (exact) mass is 550 g/mol. The normalized spacial score (nSPS) is 10.7. The lowest BCUT2D eigenvalue weighted by molar-refractivity contribution is -0.136. The lowest BCUT2D eigenvalue weighted by Gasteiger charge is -2.13. The molecular weight excluding hydrogens is 524 g/mol. The molecule has 0 bridgehead atoms. The lowest BCUT2D eigenvalue weighted by Crippen LogP contribution is -2.32. The summed E-state index contributed by atoms with van der Waals surface area (Å²) in [7, 11) is 0. The van der Waals surface area contributed by atoms with Crippen molar-refractivity contribution in [1.29, 1.82) is 0 Å². The van der Waals surface area contributed by atoms with Crippen molar-refractivity contribution in [1.82, 2.24) is 5.43 Å². The Morgan fingerprint density at radius 2 is 1.44 bits per heavy atom. The molecule has 36 heavy (non-hydrogen) atoms. The molecule has 3 rings (SSSR count). The summed E-state index contributed by atoms with van der Waals surface area (Å²) in [4.78, 5) is 36.7. The van der Waals surface area contributed by atoms with Crippen LogP contribution in [0.5, 0.6) is 5.75 Å². The van der Waals surface area contributed by atoms with Crippen molar-refractivity contribution in [3.8, 4) is 5.75 Å². The topological polar surface area (TPSA) is 109 Å². The quantitative estimate of drug-likeness (QED) is 0.223. The van der Waals surface area contributed by atoms with Crippen molar-refractivity contribution in [2.45, 2.75) is 27.7 Å². The van der Waals surface area contributed by atoms with E-state index in [1.54, 1.807) is 24.3 Å². The molecule has 0 aliphatic heterocycles. The van der Waals surface area contributed by atoms with Crippen molar-refractivity contribution in [2.75, 3.05) is 17.2 Å². The predicted octanol–water partition coefficient (Wildman–Crippen LogP) is 4.79. The van der Waals surface area contributed by atoms with E-state index in [2.05, 4.69) is 37.1 Å². The summed E-state index contributed by atoms with van der Waals surface area (Å²) in [5, 5.41) is 9.32. The minimum atomic E-state index is -0.892. The molecule has 0 aromatic heterocycles. The highest BCUT2D eigenvalue weighted by atomic mass is 79.9. The van der Waals surface area contributed by atoms with Crippen LogP contribution in [-0.2, 0) is 14.4 Å². The maximum absolute atomic E-state index is 12.4. The number of ether oxygens (including phenoxy) is 1. The maximum Gasteiger partial charge on any atom is 0.329 e. The third kappa shape index (κ3) is 7.26. The van der Waals surface area contributed by atoms with Crippen LogP contribution in [0.25, 0.3) is 0 Å². The molecule has 8 nitrogen and oxygen atoms in total. The molecule has 186 valence electrons. The zero-order valence-electron chi connectivity index (χ0n) is 20.4. The smallest absolute Gasteiger partial charge is 0.329 e. The summed E-state index contributed by atoms with van der Waals surface area (Å²) < 4.78 is 6.55. The SMILES string of the molecule is Cc1cc(Br)cc(C)c1NC(=O)COc1cccc(/C=N\NC(=O)C(=O)Nc2c(C)cccc2C)c1. The van der Waals surface area contributed by atoms with Gasteiger partial charge in [0, 0.05) is 15.8 Å². The van der Waals surface area contributed by atoms with Gasteiger partial charge in [0.2, 0.25) is 0 Å². The van der Waals surface area contributed by atoms with Gasteiger partial charge in [0.15, 0.2) is 6.61 Å². The van der Waals surface area contributed by atoms with Crippen LogP contribution in [0, 0.1) is 27.7 Å². The van der Waals surface area contributed by atoms with Gasteiger partial charge in [-0.2, -0.15) is 5.10 Å². The highest BCUT2D eigenvalue weighted by Crippen LogP contribution is 2.25. The van der Waals surface area contributed by atoms with E-state index in [0.29, 0.717) is 17.0 Å². The number of aryl methyl sites for hydroxylation is 4. The zero-order valence-corrected chi connectivity index (χ0v) is 22.0. The average molecular weight is 551 g/mol. The first-order chi connectivity index (χ1) is 17.1. The summed E-state index contributed by atoms with van der Waals surface area (Å²) in [6, 6.07) is 16.3. The van der Waals surface area contributed by atoms with Gasteiger partial charge in [0.1, 0.15) is 5.75 Å². The molecule has 0 radical (unpaired) electrons. The molecule has 3 N–H and O–H groups in total. The molecule has 3 aromatic rings. The van der Waals surface area contributed by atoms with Crippen LogP contribution in [0.4, 0.5) is 11.4 Å². The van der Waals surface area contributed by atoms with E-state index in [4.69, 9.17) is 4.74 Å². The van der Waals surface area contributed by atoms with E-state index < -0.39 is 11.8 Å². The van der Waals surface area contributed by atoms with E-state index in [1.807, 2.05) is 58.0 Å². The van der Waals surface area contributed by atoms with E-state index in [9.17, 15) is 14.4 Å². The van der Waals surface area contributed by atoms with Gasteiger partial charge in [-0.3, -0.25) is 14.4 Å². The third-order valence-corrected chi connectivity index (χ3v) is 5.75. The molecule has 0 spiro atoms. The van der Waals surface area contributed by atoms with Gasteiger partial charge in [0.25, 0.3) is 5.91 Å². The van der Waals surface area contributed by atoms with Gasteiger partial charge in [-0.25, -0.2) is 5.43 Å². The number of carbonyl (C=O) groups is 3. The number of halogens is 1. The highest BCUT2D eigenvalue weighted by molar-refractivity contribution is 9.10. The van der Waals surface area contributed by atoms with Crippen LogP contribution < -0.4 is 20.8 Å². The Hall–Kier alpha value is -3.98. The molecule has 0 atom stereocenters. The van der Waals surface area contributed by atoms with Crippen LogP contribution in [0.15, 0.2) is 64.2 Å². The number of nitrogens with one attached hydrogen (secondary N) is 3. The first-order valence-electron chi connectivity index (χ1n) is 11.1. The third-order valence-electron chi connectivity index (χ3n) is 5.30. The largest absolute Gasteiger partial charge is 0.484 e. The van der Waals surface area contributed by atoms with Crippen LogP contribution in [0.2, 0.25) is 0 Å². The van der Waals surface area contributed by atoms with E-state index in [0.717, 1.165) is 32.4 Å². The predicted molar refractivity (Wildman–Crippen MR) is 144 cm³/mol. The number of hydrogen-bond donors (Lipinski definition) is 3. The molecule has 9 heteroatoms. The molecule has 0 fully saturated rings. The summed E-state index contributed by atoms with van der Waals surface area (Å²) in [6.45, 7) is 7.36. The molecule has 0 aliphatic carbocycles. The number of amides is 3. The summed E-state index contributed by atoms with van der Waals surface area (Å²) in [6.07, 6.45) is 1.38. The Labute approximate surface area is 218 Å². The van der Waals surface area contributed by atoms with Gasteiger partial charge in [-0.15, -0.1) is 0 Å². The second-order valence-corrected chi connectivity index (χ2v) is 9.16. The molecule has 0 saturated heterocycles.